The van der Waals surface area contributed by atoms with Crippen LogP contribution in [0.3, 0.4) is 0 Å². The van der Waals surface area contributed by atoms with Gasteiger partial charge < -0.3 is 10.4 Å². The molecule has 0 radical (unpaired) electrons. The van der Waals surface area contributed by atoms with E-state index in [0.29, 0.717) is 30.2 Å². The Kier molecular flexibility index (Phi) is 6.10. The zero-order valence-corrected chi connectivity index (χ0v) is 19.9. The average Bonchev–Trinajstić information content (AvgIpc) is 3.20. The van der Waals surface area contributed by atoms with Crippen LogP contribution in [0, 0.1) is 11.6 Å². The summed E-state index contributed by atoms with van der Waals surface area (Å²) < 4.78 is 29.0. The number of carboxylic acids is 1. The number of hydrogen-bond donors (Lipinski definition) is 4. The first-order valence-corrected chi connectivity index (χ1v) is 11.1. The van der Waals surface area contributed by atoms with Gasteiger partial charge in [0.1, 0.15) is 23.0 Å². The van der Waals surface area contributed by atoms with E-state index >= 15 is 0 Å². The van der Waals surface area contributed by atoms with Crippen LogP contribution in [0.1, 0.15) is 44.5 Å². The van der Waals surface area contributed by atoms with Gasteiger partial charge >= 0.3 is 12.0 Å². The number of nitrogens with zero attached hydrogens (tertiary/aromatic N) is 2. The van der Waals surface area contributed by atoms with Gasteiger partial charge in [-0.2, -0.15) is 5.10 Å². The molecule has 0 saturated carbocycles. The van der Waals surface area contributed by atoms with E-state index < -0.39 is 29.2 Å². The van der Waals surface area contributed by atoms with E-state index in [2.05, 4.69) is 21.0 Å². The Morgan fingerprint density at radius 1 is 1.09 bits per heavy atom. The van der Waals surface area contributed by atoms with Crippen LogP contribution in [-0.2, 0) is 23.2 Å². The summed E-state index contributed by atoms with van der Waals surface area (Å²) in [5.74, 6) is -2.02. The van der Waals surface area contributed by atoms with Gasteiger partial charge in [-0.25, -0.2) is 18.3 Å². The number of carbonyl (C=O) groups excluding carboxylic acids is 1. The number of anilines is 2. The van der Waals surface area contributed by atoms with Crippen molar-refractivity contribution in [3.05, 3.63) is 70.9 Å². The Bertz CT molecular complexity index is 1310. The Hall–Kier alpha value is -3.79. The molecule has 1 aromatic heterocycles. The molecule has 0 aliphatic carbocycles. The van der Waals surface area contributed by atoms with Gasteiger partial charge in [-0.3, -0.25) is 15.4 Å². The van der Waals surface area contributed by atoms with Crippen molar-refractivity contribution in [3.8, 4) is 5.69 Å². The Morgan fingerprint density at radius 3 is 2.51 bits per heavy atom. The lowest BCUT2D eigenvalue weighted by atomic mass is 9.86. The second-order valence-electron chi connectivity index (χ2n) is 9.90. The molecule has 2 amide bonds. The SMILES string of the molecule is CC1(C(=O)O)Cc2ccc(-n3nc(C(C)(C)C)cc3NC(=O)Nc3cc(F)ccc3F)cc2CN1. The van der Waals surface area contributed by atoms with E-state index in [1.54, 1.807) is 23.7 Å². The molecule has 35 heavy (non-hydrogen) atoms. The summed E-state index contributed by atoms with van der Waals surface area (Å²) in [6, 6.07) is 9.32. The third-order valence-corrected chi connectivity index (χ3v) is 6.02. The van der Waals surface area contributed by atoms with Crippen molar-refractivity contribution >= 4 is 23.5 Å². The Labute approximate surface area is 201 Å². The fraction of sp³-hybridized carbons (Fsp3) is 0.320. The molecular formula is C25H27F2N5O3. The van der Waals surface area contributed by atoms with Gasteiger partial charge in [-0.1, -0.05) is 26.8 Å². The van der Waals surface area contributed by atoms with Gasteiger partial charge in [0.25, 0.3) is 0 Å². The third kappa shape index (κ3) is 5.02. The molecule has 8 nitrogen and oxygen atoms in total. The quantitative estimate of drug-likeness (QED) is 0.434. The fourth-order valence-corrected chi connectivity index (χ4v) is 3.86. The van der Waals surface area contributed by atoms with Gasteiger partial charge in [-0.15, -0.1) is 0 Å². The third-order valence-electron chi connectivity index (χ3n) is 6.02. The minimum atomic E-state index is -1.05. The number of rotatable bonds is 4. The molecule has 1 unspecified atom stereocenters. The highest BCUT2D eigenvalue weighted by Gasteiger charge is 2.36. The number of carboxylic acid groups (broad SMARTS) is 1. The van der Waals surface area contributed by atoms with Crippen LogP contribution >= 0.6 is 0 Å². The molecule has 3 aromatic rings. The summed E-state index contributed by atoms with van der Waals surface area (Å²) in [6.45, 7) is 7.96. The van der Waals surface area contributed by atoms with Crippen molar-refractivity contribution in [2.45, 2.75) is 51.6 Å². The fourth-order valence-electron chi connectivity index (χ4n) is 3.86. The van der Waals surface area contributed by atoms with Crippen LogP contribution < -0.4 is 16.0 Å². The molecule has 0 saturated heterocycles. The summed E-state index contributed by atoms with van der Waals surface area (Å²) in [6.07, 6.45) is 0.330. The van der Waals surface area contributed by atoms with Crippen LogP contribution in [0.5, 0.6) is 0 Å². The number of aromatic nitrogens is 2. The topological polar surface area (TPSA) is 108 Å². The maximum Gasteiger partial charge on any atom is 0.324 e. The van der Waals surface area contributed by atoms with Crippen molar-refractivity contribution < 1.29 is 23.5 Å². The highest BCUT2D eigenvalue weighted by atomic mass is 19.1. The molecule has 0 spiro atoms. The van der Waals surface area contributed by atoms with Crippen molar-refractivity contribution in [3.63, 3.8) is 0 Å². The molecule has 1 atom stereocenters. The van der Waals surface area contributed by atoms with Gasteiger partial charge in [0, 0.05) is 30.5 Å². The molecule has 0 fully saturated rings. The summed E-state index contributed by atoms with van der Waals surface area (Å²) in [4.78, 5) is 24.3. The predicted octanol–water partition coefficient (Wildman–Crippen LogP) is 4.58. The van der Waals surface area contributed by atoms with E-state index in [-0.39, 0.29) is 11.1 Å². The number of aliphatic carboxylic acids is 1. The standard InChI is InChI=1S/C25H27F2N5O3/c1-24(2,3)20-11-21(30-23(35)29-19-10-16(26)6-8-18(19)27)32(31-20)17-7-5-14-12-25(4,22(33)34)28-13-15(14)9-17/h5-11,28H,12-13H2,1-4H3,(H,33,34)(H2,29,30,35). The molecule has 2 heterocycles. The number of benzene rings is 2. The van der Waals surface area contributed by atoms with E-state index in [1.165, 1.54) is 0 Å². The summed E-state index contributed by atoms with van der Waals surface area (Å²) in [5.41, 5.74) is 1.54. The lowest BCUT2D eigenvalue weighted by Gasteiger charge is -2.32. The zero-order chi connectivity index (χ0) is 25.5. The molecule has 0 bridgehead atoms. The van der Waals surface area contributed by atoms with Crippen LogP contribution in [-0.4, -0.2) is 32.4 Å². The predicted molar refractivity (Wildman–Crippen MR) is 128 cm³/mol. The lowest BCUT2D eigenvalue weighted by molar-refractivity contribution is -0.144. The van der Waals surface area contributed by atoms with Gasteiger partial charge in [0.05, 0.1) is 17.1 Å². The maximum atomic E-state index is 14.0. The van der Waals surface area contributed by atoms with Crippen LogP contribution in [0.25, 0.3) is 5.69 Å². The first kappa shape index (κ1) is 24.3. The van der Waals surface area contributed by atoms with Gasteiger partial charge in [0.2, 0.25) is 0 Å². The zero-order valence-electron chi connectivity index (χ0n) is 19.9. The molecule has 10 heteroatoms. The number of halogens is 2. The van der Waals surface area contributed by atoms with Crippen molar-refractivity contribution in [2.24, 2.45) is 0 Å². The smallest absolute Gasteiger partial charge is 0.324 e. The first-order chi connectivity index (χ1) is 16.4. The van der Waals surface area contributed by atoms with E-state index in [0.717, 1.165) is 29.3 Å². The second-order valence-corrected chi connectivity index (χ2v) is 9.90. The lowest BCUT2D eigenvalue weighted by Crippen LogP contribution is -2.53. The number of amides is 2. The number of nitrogens with one attached hydrogen (secondary N) is 3. The maximum absolute atomic E-state index is 14.0. The monoisotopic (exact) mass is 483 g/mol. The van der Waals surface area contributed by atoms with Crippen molar-refractivity contribution in [1.82, 2.24) is 15.1 Å². The van der Waals surface area contributed by atoms with Crippen LogP contribution in [0.4, 0.5) is 25.1 Å². The number of fused-ring (bicyclic) bond motifs is 1. The first-order valence-electron chi connectivity index (χ1n) is 11.1. The normalized spacial score (nSPS) is 17.5. The highest BCUT2D eigenvalue weighted by Crippen LogP contribution is 2.30. The molecule has 2 aromatic carbocycles. The largest absolute Gasteiger partial charge is 0.480 e. The highest BCUT2D eigenvalue weighted by molar-refractivity contribution is 5.99. The second kappa shape index (κ2) is 8.77. The number of hydrogen-bond acceptors (Lipinski definition) is 4. The summed E-state index contributed by atoms with van der Waals surface area (Å²) >= 11 is 0. The molecular weight excluding hydrogens is 456 g/mol. The van der Waals surface area contributed by atoms with E-state index in [4.69, 9.17) is 0 Å². The van der Waals surface area contributed by atoms with E-state index in [9.17, 15) is 23.5 Å². The minimum Gasteiger partial charge on any atom is -0.480 e. The van der Waals surface area contributed by atoms with E-state index in [1.807, 2.05) is 32.9 Å². The number of carbonyl (C=O) groups is 2. The average molecular weight is 484 g/mol. The minimum absolute atomic E-state index is 0.286. The van der Waals surface area contributed by atoms with Gasteiger partial charge in [-0.05, 0) is 42.3 Å². The summed E-state index contributed by atoms with van der Waals surface area (Å²) in [5, 5.41) is 22.3. The molecule has 184 valence electrons. The Balaban J connectivity index is 1.65. The summed E-state index contributed by atoms with van der Waals surface area (Å²) in [7, 11) is 0. The van der Waals surface area contributed by atoms with Gasteiger partial charge in [0.15, 0.2) is 0 Å². The molecule has 1 aliphatic heterocycles. The molecule has 4 rings (SSSR count). The molecule has 1 aliphatic rings. The van der Waals surface area contributed by atoms with Crippen LogP contribution in [0.2, 0.25) is 0 Å². The molecule has 4 N–H and O–H groups in total. The van der Waals surface area contributed by atoms with Crippen molar-refractivity contribution in [1.29, 1.82) is 0 Å². The Morgan fingerprint density at radius 2 is 1.83 bits per heavy atom. The number of urea groups is 1. The van der Waals surface area contributed by atoms with Crippen LogP contribution in [0.15, 0.2) is 42.5 Å². The van der Waals surface area contributed by atoms with Crippen molar-refractivity contribution in [2.75, 3.05) is 10.6 Å².